The van der Waals surface area contributed by atoms with Crippen LogP contribution in [0.5, 0.6) is 0 Å². The summed E-state index contributed by atoms with van der Waals surface area (Å²) in [6, 6.07) is -0.128. The van der Waals surface area contributed by atoms with E-state index in [1.165, 1.54) is 0 Å². The third kappa shape index (κ3) is 5.80. The van der Waals surface area contributed by atoms with Gasteiger partial charge in [-0.2, -0.15) is 0 Å². The van der Waals surface area contributed by atoms with Crippen LogP contribution in [0.15, 0.2) is 0 Å². The molecule has 0 spiro atoms. The van der Waals surface area contributed by atoms with Gasteiger partial charge in [0.25, 0.3) is 0 Å². The molecule has 0 aromatic heterocycles. The minimum Gasteiger partial charge on any atom is -0.481 e. The third-order valence-electron chi connectivity index (χ3n) is 3.65. The fourth-order valence-electron chi connectivity index (χ4n) is 2.68. The molecule has 0 aliphatic carbocycles. The summed E-state index contributed by atoms with van der Waals surface area (Å²) in [6.45, 7) is 9.91. The lowest BCUT2D eigenvalue weighted by atomic mass is 9.84. The predicted molar refractivity (Wildman–Crippen MR) is 78.6 cm³/mol. The van der Waals surface area contributed by atoms with Crippen molar-refractivity contribution < 1.29 is 14.7 Å². The van der Waals surface area contributed by atoms with Crippen molar-refractivity contribution in [3.05, 3.63) is 0 Å². The SMILES string of the molecule is CC1CCCN(C(=O)NCC(CC(C)(C)C)C(=O)O)C1. The van der Waals surface area contributed by atoms with Gasteiger partial charge in [-0.3, -0.25) is 4.79 Å². The average Bonchev–Trinajstić information content (AvgIpc) is 2.32. The van der Waals surface area contributed by atoms with E-state index in [4.69, 9.17) is 0 Å². The molecule has 1 fully saturated rings. The molecule has 2 N–H and O–H groups in total. The molecule has 0 saturated carbocycles. The summed E-state index contributed by atoms with van der Waals surface area (Å²) in [5, 5.41) is 12.0. The predicted octanol–water partition coefficient (Wildman–Crippen LogP) is 2.56. The van der Waals surface area contributed by atoms with Crippen LogP contribution in [-0.2, 0) is 4.79 Å². The molecule has 2 amide bonds. The molecule has 0 bridgehead atoms. The molecule has 116 valence electrons. The van der Waals surface area contributed by atoms with Gasteiger partial charge in [0.2, 0.25) is 0 Å². The van der Waals surface area contributed by atoms with E-state index in [0.29, 0.717) is 12.3 Å². The number of urea groups is 1. The summed E-state index contributed by atoms with van der Waals surface area (Å²) in [6.07, 6.45) is 2.74. The number of nitrogens with one attached hydrogen (secondary N) is 1. The van der Waals surface area contributed by atoms with Gasteiger partial charge in [-0.15, -0.1) is 0 Å². The number of carbonyl (C=O) groups excluding carboxylic acids is 1. The quantitative estimate of drug-likeness (QED) is 0.833. The van der Waals surface area contributed by atoms with Gasteiger partial charge in [-0.25, -0.2) is 4.79 Å². The monoisotopic (exact) mass is 284 g/mol. The van der Waals surface area contributed by atoms with Gasteiger partial charge in [0.05, 0.1) is 5.92 Å². The van der Waals surface area contributed by atoms with Crippen LogP contribution >= 0.6 is 0 Å². The maximum Gasteiger partial charge on any atom is 0.317 e. The summed E-state index contributed by atoms with van der Waals surface area (Å²) in [4.78, 5) is 25.1. The number of aliphatic carboxylic acids is 1. The molecule has 1 aliphatic rings. The first-order chi connectivity index (χ1) is 9.19. The molecule has 1 aliphatic heterocycles. The second-order valence-electron chi connectivity index (χ2n) is 7.18. The van der Waals surface area contributed by atoms with Crippen LogP contribution < -0.4 is 5.32 Å². The number of carbonyl (C=O) groups is 2. The van der Waals surface area contributed by atoms with Crippen molar-refractivity contribution in [2.75, 3.05) is 19.6 Å². The molecule has 20 heavy (non-hydrogen) atoms. The highest BCUT2D eigenvalue weighted by atomic mass is 16.4. The molecule has 2 unspecified atom stereocenters. The Kier molecular flexibility index (Phi) is 5.84. The molecular formula is C15H28N2O3. The van der Waals surface area contributed by atoms with Gasteiger partial charge in [0.15, 0.2) is 0 Å². The lowest BCUT2D eigenvalue weighted by molar-refractivity contribution is -0.142. The van der Waals surface area contributed by atoms with E-state index in [2.05, 4.69) is 12.2 Å². The number of carboxylic acids is 1. The van der Waals surface area contributed by atoms with Crippen LogP contribution in [0.2, 0.25) is 0 Å². The first-order valence-electron chi connectivity index (χ1n) is 7.44. The van der Waals surface area contributed by atoms with Crippen molar-refractivity contribution >= 4 is 12.0 Å². The van der Waals surface area contributed by atoms with E-state index < -0.39 is 11.9 Å². The van der Waals surface area contributed by atoms with Crippen LogP contribution in [0.3, 0.4) is 0 Å². The first kappa shape index (κ1) is 16.8. The highest BCUT2D eigenvalue weighted by Gasteiger charge is 2.26. The normalized spacial score (nSPS) is 21.4. The Morgan fingerprint density at radius 1 is 1.40 bits per heavy atom. The van der Waals surface area contributed by atoms with Crippen molar-refractivity contribution in [3.8, 4) is 0 Å². The topological polar surface area (TPSA) is 69.6 Å². The van der Waals surface area contributed by atoms with Gasteiger partial charge in [-0.1, -0.05) is 27.7 Å². The molecule has 5 heteroatoms. The number of piperidine rings is 1. The maximum absolute atomic E-state index is 12.1. The summed E-state index contributed by atoms with van der Waals surface area (Å²) < 4.78 is 0. The van der Waals surface area contributed by atoms with Crippen LogP contribution in [0.25, 0.3) is 0 Å². The third-order valence-corrected chi connectivity index (χ3v) is 3.65. The van der Waals surface area contributed by atoms with Crippen LogP contribution in [0.1, 0.15) is 47.0 Å². The number of hydrogen-bond donors (Lipinski definition) is 2. The van der Waals surface area contributed by atoms with E-state index in [1.54, 1.807) is 4.90 Å². The van der Waals surface area contributed by atoms with E-state index in [-0.39, 0.29) is 18.0 Å². The Balaban J connectivity index is 2.46. The zero-order valence-corrected chi connectivity index (χ0v) is 13.1. The summed E-state index contributed by atoms with van der Waals surface area (Å²) in [5.41, 5.74) is -0.0621. The Labute approximate surface area is 121 Å². The van der Waals surface area contributed by atoms with Gasteiger partial charge in [0, 0.05) is 19.6 Å². The van der Waals surface area contributed by atoms with Gasteiger partial charge in [0.1, 0.15) is 0 Å². The summed E-state index contributed by atoms with van der Waals surface area (Å²) in [5.74, 6) is -0.840. The molecule has 1 heterocycles. The Morgan fingerprint density at radius 2 is 2.05 bits per heavy atom. The number of rotatable bonds is 4. The number of amides is 2. The fraction of sp³-hybridized carbons (Fsp3) is 0.867. The van der Waals surface area contributed by atoms with E-state index in [1.807, 2.05) is 20.8 Å². The fourth-order valence-corrected chi connectivity index (χ4v) is 2.68. The highest BCUT2D eigenvalue weighted by Crippen LogP contribution is 2.24. The minimum absolute atomic E-state index is 0.0621. The molecule has 0 aromatic carbocycles. The maximum atomic E-state index is 12.1. The van der Waals surface area contributed by atoms with Crippen molar-refractivity contribution in [2.45, 2.75) is 47.0 Å². The van der Waals surface area contributed by atoms with Gasteiger partial charge < -0.3 is 15.3 Å². The first-order valence-corrected chi connectivity index (χ1v) is 7.44. The number of carboxylic acid groups (broad SMARTS) is 1. The lowest BCUT2D eigenvalue weighted by Gasteiger charge is -2.31. The van der Waals surface area contributed by atoms with E-state index in [9.17, 15) is 14.7 Å². The second-order valence-corrected chi connectivity index (χ2v) is 7.18. The lowest BCUT2D eigenvalue weighted by Crippen LogP contribution is -2.47. The van der Waals surface area contributed by atoms with Crippen molar-refractivity contribution in [3.63, 3.8) is 0 Å². The van der Waals surface area contributed by atoms with E-state index in [0.717, 1.165) is 25.9 Å². The molecule has 5 nitrogen and oxygen atoms in total. The van der Waals surface area contributed by atoms with Crippen molar-refractivity contribution in [1.29, 1.82) is 0 Å². The van der Waals surface area contributed by atoms with E-state index >= 15 is 0 Å². The zero-order valence-electron chi connectivity index (χ0n) is 13.1. The van der Waals surface area contributed by atoms with Gasteiger partial charge in [-0.05, 0) is 30.6 Å². The number of likely N-dealkylation sites (tertiary alicyclic amines) is 1. The highest BCUT2D eigenvalue weighted by molar-refractivity contribution is 5.76. The molecule has 0 aromatic rings. The molecule has 1 saturated heterocycles. The van der Waals surface area contributed by atoms with Crippen molar-refractivity contribution in [1.82, 2.24) is 10.2 Å². The largest absolute Gasteiger partial charge is 0.481 e. The number of nitrogens with zero attached hydrogens (tertiary/aromatic N) is 1. The molecule has 0 radical (unpaired) electrons. The Bertz CT molecular complexity index is 350. The van der Waals surface area contributed by atoms with Crippen LogP contribution in [-0.4, -0.2) is 41.6 Å². The van der Waals surface area contributed by atoms with Crippen LogP contribution in [0, 0.1) is 17.3 Å². The minimum atomic E-state index is -0.841. The van der Waals surface area contributed by atoms with Gasteiger partial charge >= 0.3 is 12.0 Å². The molecule has 2 atom stereocenters. The summed E-state index contributed by atoms with van der Waals surface area (Å²) in [7, 11) is 0. The number of hydrogen-bond acceptors (Lipinski definition) is 2. The van der Waals surface area contributed by atoms with Crippen LogP contribution in [0.4, 0.5) is 4.79 Å². The van der Waals surface area contributed by atoms with Crippen molar-refractivity contribution in [2.24, 2.45) is 17.3 Å². The summed E-state index contributed by atoms with van der Waals surface area (Å²) >= 11 is 0. The Morgan fingerprint density at radius 3 is 2.55 bits per heavy atom. The smallest absolute Gasteiger partial charge is 0.317 e. The molecular weight excluding hydrogens is 256 g/mol. The standard InChI is InChI=1S/C15H28N2O3/c1-11-6-5-7-17(10-11)14(20)16-9-12(13(18)19)8-15(2,3)4/h11-12H,5-10H2,1-4H3,(H,16,20)(H,18,19). The Hall–Kier alpha value is -1.26. The molecule has 1 rings (SSSR count). The zero-order chi connectivity index (χ0) is 15.3. The second kappa shape index (κ2) is 6.95. The average molecular weight is 284 g/mol.